The zero-order chi connectivity index (χ0) is 15.7. The number of imidazole rings is 1. The van der Waals surface area contributed by atoms with E-state index in [-0.39, 0.29) is 22.2 Å². The van der Waals surface area contributed by atoms with Crippen LogP contribution in [0.2, 0.25) is 10.0 Å². The topological polar surface area (TPSA) is 72.7 Å². The highest BCUT2D eigenvalue weighted by Gasteiger charge is 2.16. The molecule has 0 fully saturated rings. The van der Waals surface area contributed by atoms with Crippen molar-refractivity contribution in [2.24, 2.45) is 0 Å². The van der Waals surface area contributed by atoms with Crippen LogP contribution in [0, 0.1) is 11.3 Å². The number of hydrogen-bond acceptors (Lipinski definition) is 3. The van der Waals surface area contributed by atoms with E-state index in [9.17, 15) is 10.4 Å². The van der Waals surface area contributed by atoms with Crippen LogP contribution in [0.15, 0.2) is 42.5 Å². The van der Waals surface area contributed by atoms with Crippen molar-refractivity contribution >= 4 is 45.6 Å². The summed E-state index contributed by atoms with van der Waals surface area (Å²) in [5.74, 6) is 0.0374. The molecule has 3 rings (SSSR count). The van der Waals surface area contributed by atoms with Crippen LogP contribution in [-0.2, 0) is 0 Å². The minimum Gasteiger partial charge on any atom is -0.506 e. The number of para-hydroxylation sites is 2. The smallest absolute Gasteiger partial charge is 0.153 e. The molecule has 4 nitrogen and oxygen atoms in total. The molecular formula is C16H9Cl2N3O. The Morgan fingerprint density at radius 2 is 1.95 bits per heavy atom. The summed E-state index contributed by atoms with van der Waals surface area (Å²) in [7, 11) is 0. The van der Waals surface area contributed by atoms with Crippen LogP contribution in [0.25, 0.3) is 22.4 Å². The van der Waals surface area contributed by atoms with E-state index >= 15 is 0 Å². The molecule has 0 atom stereocenters. The number of aromatic amines is 1. The summed E-state index contributed by atoms with van der Waals surface area (Å²) in [4.78, 5) is 7.32. The minimum absolute atomic E-state index is 0.0143. The first kappa shape index (κ1) is 14.5. The lowest BCUT2D eigenvalue weighted by molar-refractivity contribution is 0.514. The fraction of sp³-hybridized carbons (Fsp3) is 0. The van der Waals surface area contributed by atoms with E-state index in [1.807, 2.05) is 30.3 Å². The number of allylic oxidation sites excluding steroid dienone is 1. The van der Waals surface area contributed by atoms with Gasteiger partial charge in [-0.1, -0.05) is 35.3 Å². The van der Waals surface area contributed by atoms with Crippen LogP contribution in [0.1, 0.15) is 11.4 Å². The molecule has 0 aliphatic carbocycles. The first-order valence-corrected chi connectivity index (χ1v) is 7.09. The number of hydrogen-bond donors (Lipinski definition) is 2. The summed E-state index contributed by atoms with van der Waals surface area (Å²) >= 11 is 11.9. The molecule has 3 aromatic rings. The maximum absolute atomic E-state index is 10.4. The van der Waals surface area contributed by atoms with Crippen molar-refractivity contribution in [3.05, 3.63) is 63.9 Å². The second kappa shape index (κ2) is 5.72. The Hall–Kier alpha value is -2.48. The Balaban J connectivity index is 2.18. The number of rotatable bonds is 2. The molecule has 0 unspecified atom stereocenters. The van der Waals surface area contributed by atoms with Crippen LogP contribution in [0.5, 0.6) is 0 Å². The maximum atomic E-state index is 10.4. The van der Waals surface area contributed by atoms with Crippen LogP contribution in [0.3, 0.4) is 0 Å². The van der Waals surface area contributed by atoms with Crippen molar-refractivity contribution in [3.8, 4) is 6.07 Å². The lowest BCUT2D eigenvalue weighted by atomic mass is 10.1. The van der Waals surface area contributed by atoms with Gasteiger partial charge in [0.15, 0.2) is 5.82 Å². The Bertz CT molecular complexity index is 905. The number of aromatic nitrogens is 2. The molecule has 2 aromatic carbocycles. The fourth-order valence-corrected chi connectivity index (χ4v) is 2.60. The predicted molar refractivity (Wildman–Crippen MR) is 87.6 cm³/mol. The summed E-state index contributed by atoms with van der Waals surface area (Å²) in [5.41, 5.74) is 1.82. The lowest BCUT2D eigenvalue weighted by Crippen LogP contribution is -1.93. The summed E-state index contributed by atoms with van der Waals surface area (Å²) in [6.45, 7) is 0. The minimum atomic E-state index is -0.247. The highest BCUT2D eigenvalue weighted by atomic mass is 35.5. The fourth-order valence-electron chi connectivity index (χ4n) is 2.11. The molecule has 1 heterocycles. The van der Waals surface area contributed by atoms with Crippen molar-refractivity contribution in [1.29, 1.82) is 5.26 Å². The van der Waals surface area contributed by atoms with Gasteiger partial charge in [0.05, 0.1) is 16.1 Å². The van der Waals surface area contributed by atoms with Gasteiger partial charge >= 0.3 is 0 Å². The van der Waals surface area contributed by atoms with E-state index in [4.69, 9.17) is 23.2 Å². The van der Waals surface area contributed by atoms with E-state index in [0.29, 0.717) is 16.1 Å². The van der Waals surface area contributed by atoms with Crippen LogP contribution in [0.4, 0.5) is 0 Å². The van der Waals surface area contributed by atoms with Gasteiger partial charge in [-0.05, 0) is 30.3 Å². The second-order valence-electron chi connectivity index (χ2n) is 4.56. The molecule has 22 heavy (non-hydrogen) atoms. The summed E-state index contributed by atoms with van der Waals surface area (Å²) in [6, 6.07) is 14.0. The maximum Gasteiger partial charge on any atom is 0.153 e. The molecule has 0 spiro atoms. The van der Waals surface area contributed by atoms with Gasteiger partial charge in [0.1, 0.15) is 17.4 Å². The molecule has 0 bridgehead atoms. The number of nitrogens with one attached hydrogen (secondary N) is 1. The second-order valence-corrected chi connectivity index (χ2v) is 5.41. The molecular weight excluding hydrogens is 321 g/mol. The Kier molecular flexibility index (Phi) is 3.76. The van der Waals surface area contributed by atoms with Gasteiger partial charge in [-0.2, -0.15) is 5.26 Å². The van der Waals surface area contributed by atoms with Crippen molar-refractivity contribution in [2.45, 2.75) is 0 Å². The van der Waals surface area contributed by atoms with Crippen molar-refractivity contribution in [1.82, 2.24) is 9.97 Å². The highest BCUT2D eigenvalue weighted by molar-refractivity contribution is 6.35. The van der Waals surface area contributed by atoms with Gasteiger partial charge in [0.2, 0.25) is 0 Å². The molecule has 2 N–H and O–H groups in total. The number of H-pyrrole nitrogens is 1. The van der Waals surface area contributed by atoms with E-state index in [1.165, 1.54) is 6.07 Å². The third kappa shape index (κ3) is 2.52. The van der Waals surface area contributed by atoms with E-state index in [0.717, 1.165) is 5.52 Å². The predicted octanol–water partition coefficient (Wildman–Crippen LogP) is 4.82. The van der Waals surface area contributed by atoms with Gasteiger partial charge in [-0.3, -0.25) is 0 Å². The Labute approximate surface area is 136 Å². The third-order valence-electron chi connectivity index (χ3n) is 3.16. The standard InChI is InChI=1S/C16H9Cl2N3O/c17-9-5-6-10(12(18)7-9)15(22)11(8-19)16-20-13-3-1-2-4-14(13)21-16/h1-7,22H,(H,20,21)/b15-11-. The number of nitrogens with zero attached hydrogens (tertiary/aromatic N) is 2. The highest BCUT2D eigenvalue weighted by Crippen LogP contribution is 2.30. The van der Waals surface area contributed by atoms with Crippen LogP contribution >= 0.6 is 23.2 Å². The lowest BCUT2D eigenvalue weighted by Gasteiger charge is -2.05. The average Bonchev–Trinajstić information content (AvgIpc) is 2.91. The Morgan fingerprint density at radius 3 is 2.64 bits per heavy atom. The quantitative estimate of drug-likeness (QED) is 0.523. The number of aliphatic hydroxyl groups is 1. The van der Waals surface area contributed by atoms with Crippen molar-refractivity contribution in [2.75, 3.05) is 0 Å². The molecule has 0 aliphatic heterocycles. The Morgan fingerprint density at radius 1 is 1.18 bits per heavy atom. The first-order valence-electron chi connectivity index (χ1n) is 6.34. The van der Waals surface area contributed by atoms with E-state index in [1.54, 1.807) is 12.1 Å². The van der Waals surface area contributed by atoms with Crippen LogP contribution < -0.4 is 0 Å². The van der Waals surface area contributed by atoms with E-state index in [2.05, 4.69) is 9.97 Å². The SMILES string of the molecule is N#C/C(=C(/O)c1ccc(Cl)cc1Cl)c1nc2ccccc2[nH]1. The molecule has 0 amide bonds. The number of benzene rings is 2. The molecule has 0 aliphatic rings. The number of nitriles is 1. The van der Waals surface area contributed by atoms with Gasteiger partial charge in [-0.15, -0.1) is 0 Å². The van der Waals surface area contributed by atoms with Crippen molar-refractivity contribution in [3.63, 3.8) is 0 Å². The average molecular weight is 330 g/mol. The molecule has 0 saturated carbocycles. The molecule has 6 heteroatoms. The summed E-state index contributed by atoms with van der Waals surface area (Å²) in [6.07, 6.45) is 0. The van der Waals surface area contributed by atoms with Crippen LogP contribution in [-0.4, -0.2) is 15.1 Å². The number of halogens is 2. The monoisotopic (exact) mass is 329 g/mol. The number of fused-ring (bicyclic) bond motifs is 1. The molecule has 108 valence electrons. The van der Waals surface area contributed by atoms with Gasteiger partial charge in [0, 0.05) is 10.6 Å². The molecule has 0 radical (unpaired) electrons. The van der Waals surface area contributed by atoms with Gasteiger partial charge < -0.3 is 10.1 Å². The molecule has 0 saturated heterocycles. The number of aliphatic hydroxyl groups excluding tert-OH is 1. The third-order valence-corrected chi connectivity index (χ3v) is 3.71. The normalized spacial score (nSPS) is 12.0. The van der Waals surface area contributed by atoms with Crippen molar-refractivity contribution < 1.29 is 5.11 Å². The zero-order valence-corrected chi connectivity index (χ0v) is 12.7. The van der Waals surface area contributed by atoms with Gasteiger partial charge in [0.25, 0.3) is 0 Å². The summed E-state index contributed by atoms with van der Waals surface area (Å²) < 4.78 is 0. The molecule has 1 aromatic heterocycles. The van der Waals surface area contributed by atoms with Gasteiger partial charge in [-0.25, -0.2) is 4.98 Å². The zero-order valence-electron chi connectivity index (χ0n) is 11.1. The summed E-state index contributed by atoms with van der Waals surface area (Å²) in [5, 5.41) is 20.5. The first-order chi connectivity index (χ1) is 10.6. The largest absolute Gasteiger partial charge is 0.506 e. The van der Waals surface area contributed by atoms with E-state index < -0.39 is 0 Å².